The van der Waals surface area contributed by atoms with E-state index in [0.29, 0.717) is 12.8 Å². The first kappa shape index (κ1) is 50.0. The van der Waals surface area contributed by atoms with Crippen molar-refractivity contribution in [3.63, 3.8) is 0 Å². The number of aliphatic carboxylic acids is 4. The number of aliphatic hydroxyl groups is 2. The Kier molecular flexibility index (Phi) is 36.6. The molecule has 0 saturated carbocycles. The Morgan fingerprint density at radius 3 is 0.957 bits per heavy atom. The third-order valence-corrected chi connectivity index (χ3v) is 12.0. The van der Waals surface area contributed by atoms with E-state index in [4.69, 9.17) is 0 Å². The molecule has 0 aliphatic heterocycles. The van der Waals surface area contributed by atoms with Crippen molar-refractivity contribution in [2.24, 2.45) is 0 Å². The number of carbonyl (C=O) groups excluding carboxylic acids is 4. The number of carbonyl (C=O) groups is 4. The van der Waals surface area contributed by atoms with Crippen molar-refractivity contribution in [3.05, 3.63) is 0 Å². The van der Waals surface area contributed by atoms with Crippen LogP contribution in [-0.4, -0.2) is 66.4 Å². The van der Waals surface area contributed by atoms with Gasteiger partial charge in [0.1, 0.15) is 11.2 Å². The van der Waals surface area contributed by atoms with E-state index in [1.165, 1.54) is 38.5 Å². The van der Waals surface area contributed by atoms with E-state index in [-0.39, 0.29) is 34.0 Å². The van der Waals surface area contributed by atoms with Gasteiger partial charge in [0.15, 0.2) is 0 Å². The van der Waals surface area contributed by atoms with E-state index in [2.05, 4.69) is 27.7 Å². The third kappa shape index (κ3) is 34.3. The van der Waals surface area contributed by atoms with Crippen molar-refractivity contribution < 1.29 is 49.8 Å². The van der Waals surface area contributed by atoms with E-state index in [1.807, 2.05) is 0 Å². The Labute approximate surface area is 295 Å². The second-order valence-corrected chi connectivity index (χ2v) is 16.9. The molecule has 47 heavy (non-hydrogen) atoms. The molecule has 2 atom stereocenters. The summed E-state index contributed by atoms with van der Waals surface area (Å²) in [5.41, 5.74) is -4.58. The van der Waals surface area contributed by atoms with Crippen molar-refractivity contribution in [1.82, 2.24) is 0 Å². The van der Waals surface area contributed by atoms with Gasteiger partial charge >= 0.3 is 95.2 Å². The molecule has 0 rings (SSSR count). The van der Waals surface area contributed by atoms with Gasteiger partial charge in [-0.2, -0.15) is 0 Å². The fraction of sp³-hybridized carbons (Fsp3) is 0.889. The molecule has 2 unspecified atom stereocenters. The average molecular weight is 778 g/mol. The molecule has 0 spiro atoms. The average Bonchev–Trinajstić information content (AvgIpc) is 2.99. The Hall–Kier alpha value is -1.40. The number of carboxylic acid groups (broad SMARTS) is 4. The van der Waals surface area contributed by atoms with Crippen molar-refractivity contribution in [2.75, 3.05) is 0 Å². The molecule has 6 radical (unpaired) electrons. The summed E-state index contributed by atoms with van der Waals surface area (Å²) in [5, 5.41) is 61.2. The number of unbranched alkanes of at least 4 members (excludes halogenated alkanes) is 16. The van der Waals surface area contributed by atoms with Gasteiger partial charge in [-0.15, -0.1) is 0 Å². The van der Waals surface area contributed by atoms with E-state index in [9.17, 15) is 49.8 Å². The van der Waals surface area contributed by atoms with Gasteiger partial charge in [-0.1, -0.05) is 90.9 Å². The molecule has 0 aromatic carbocycles. The Morgan fingerprint density at radius 2 is 0.702 bits per heavy atom. The summed E-state index contributed by atoms with van der Waals surface area (Å²) in [4.78, 5) is 42.0. The molecule has 0 heterocycles. The van der Waals surface area contributed by atoms with E-state index >= 15 is 0 Å². The summed E-state index contributed by atoms with van der Waals surface area (Å²) in [6.07, 6.45) is 20.9. The standard InChI is InChI=1S/2C12H22O5.2C6H13.Sn/c2*1-2-3-4-5-6-7-8-12(17,11(15)16)9-10(13)14;2*1-3-5-6-4-2;/h2*17H,2-9H2,1H3,(H,13,14)(H,15,16);2*1,3-6H2,2H3;/q;;;;+4/p-4. The second-order valence-electron chi connectivity index (χ2n) is 12.6. The van der Waals surface area contributed by atoms with Crippen LogP contribution in [0.5, 0.6) is 0 Å². The van der Waals surface area contributed by atoms with Crippen LogP contribution in [-0.2, 0) is 19.2 Å². The molecule has 2 N–H and O–H groups in total. The molecule has 0 bridgehead atoms. The topological polar surface area (TPSA) is 201 Å². The van der Waals surface area contributed by atoms with Gasteiger partial charge in [-0.3, -0.25) is 0 Å². The van der Waals surface area contributed by atoms with Gasteiger partial charge in [-0.05, 0) is 12.8 Å². The van der Waals surface area contributed by atoms with Gasteiger partial charge in [0, 0.05) is 24.8 Å². The molecule has 0 aliphatic rings. The van der Waals surface area contributed by atoms with Crippen LogP contribution in [0.15, 0.2) is 0 Å². The Morgan fingerprint density at radius 1 is 0.447 bits per heavy atom. The third-order valence-electron chi connectivity index (χ3n) is 7.94. The minimum absolute atomic E-state index is 0.102. The van der Waals surface area contributed by atoms with Gasteiger partial charge in [-0.25, -0.2) is 0 Å². The van der Waals surface area contributed by atoms with Gasteiger partial charge in [0.2, 0.25) is 0 Å². The Bertz CT molecular complexity index is 717. The van der Waals surface area contributed by atoms with Crippen molar-refractivity contribution >= 4 is 45.0 Å². The molecule has 10 nitrogen and oxygen atoms in total. The number of carboxylic acids is 4. The van der Waals surface area contributed by atoms with Crippen LogP contribution in [0.2, 0.25) is 8.87 Å². The fourth-order valence-electron chi connectivity index (χ4n) is 4.88. The van der Waals surface area contributed by atoms with Crippen LogP contribution < -0.4 is 20.4 Å². The summed E-state index contributed by atoms with van der Waals surface area (Å²) < 4.78 is 3.30. The van der Waals surface area contributed by atoms with E-state index in [0.717, 1.165) is 64.2 Å². The number of rotatable bonds is 30. The predicted molar refractivity (Wildman–Crippen MR) is 179 cm³/mol. The molecule has 0 aromatic heterocycles. The zero-order valence-corrected chi connectivity index (χ0v) is 32.9. The quantitative estimate of drug-likeness (QED) is 0.0805. The molecule has 11 heteroatoms. The zero-order chi connectivity index (χ0) is 36.4. The van der Waals surface area contributed by atoms with Gasteiger partial charge in [0.25, 0.3) is 0 Å². The summed E-state index contributed by atoms with van der Waals surface area (Å²) in [5.74, 6) is -6.64. The van der Waals surface area contributed by atoms with Gasteiger partial charge in [0.05, 0.1) is 11.9 Å². The predicted octanol–water partition coefficient (Wildman–Crippen LogP) is 3.40. The summed E-state index contributed by atoms with van der Waals surface area (Å²) in [6.45, 7) is 8.78. The van der Waals surface area contributed by atoms with Crippen LogP contribution in [0.25, 0.3) is 0 Å². The van der Waals surface area contributed by atoms with Crippen molar-refractivity contribution in [2.45, 2.75) is 202 Å². The molecule has 0 fully saturated rings. The first-order chi connectivity index (χ1) is 22.3. The van der Waals surface area contributed by atoms with Crippen LogP contribution >= 0.6 is 0 Å². The first-order valence-electron chi connectivity index (χ1n) is 18.2. The molecular weight excluding hydrogens is 711 g/mol. The molecule has 0 aromatic rings. The Balaban J connectivity index is -0.000000625. The zero-order valence-electron chi connectivity index (χ0n) is 30.0. The van der Waals surface area contributed by atoms with Crippen LogP contribution in [0.4, 0.5) is 0 Å². The van der Waals surface area contributed by atoms with E-state index in [1.54, 1.807) is 21.7 Å². The number of hydrogen-bond acceptors (Lipinski definition) is 10. The molecule has 0 aliphatic carbocycles. The van der Waals surface area contributed by atoms with Gasteiger partial charge < -0.3 is 49.8 Å². The molecule has 0 saturated heterocycles. The van der Waals surface area contributed by atoms with Crippen LogP contribution in [0.3, 0.4) is 0 Å². The fourth-order valence-corrected chi connectivity index (χ4v) is 8.44. The first-order valence-corrected chi connectivity index (χ1v) is 22.3. The maximum atomic E-state index is 10.7. The monoisotopic (exact) mass is 778 g/mol. The molecular formula is C36H66O10Sn. The summed E-state index contributed by atoms with van der Waals surface area (Å²) >= 11 is 0.104. The normalized spacial score (nSPS) is 13.2. The minimum atomic E-state index is -2.29. The molecule has 0 amide bonds. The second kappa shape index (κ2) is 34.5. The number of hydrogen-bond donors (Lipinski definition) is 2. The summed E-state index contributed by atoms with van der Waals surface area (Å²) in [6, 6.07) is 0. The van der Waals surface area contributed by atoms with Crippen molar-refractivity contribution in [1.29, 1.82) is 0 Å². The SMILES string of the molecule is CCCCCCCCC(O)(CC(=O)[O-])C(=O)[O-].CCCCCCCCC(O)(CC(=O)[O-])C(=O)[O-].CCCCC[CH2][Sn+4][CH2]CCCCC. The summed E-state index contributed by atoms with van der Waals surface area (Å²) in [7, 11) is 0. The van der Waals surface area contributed by atoms with Crippen LogP contribution in [0.1, 0.15) is 182 Å². The molecule has 274 valence electrons. The van der Waals surface area contributed by atoms with Crippen molar-refractivity contribution in [3.8, 4) is 0 Å². The maximum absolute atomic E-state index is 10.7. The van der Waals surface area contributed by atoms with Crippen LogP contribution in [0, 0.1) is 0 Å². The van der Waals surface area contributed by atoms with E-state index < -0.39 is 47.9 Å².